The largest absolute Gasteiger partial charge is 0.378 e. The quantitative estimate of drug-likeness (QED) is 0.606. The molecule has 144 valence electrons. The molecule has 6 heteroatoms. The van der Waals surface area contributed by atoms with Gasteiger partial charge in [-0.15, -0.1) is 0 Å². The maximum atomic E-state index is 13.0. The minimum Gasteiger partial charge on any atom is -0.378 e. The molecule has 2 N–H and O–H groups in total. The second-order valence-electron chi connectivity index (χ2n) is 6.46. The zero-order valence-corrected chi connectivity index (χ0v) is 15.7. The molecule has 1 aliphatic heterocycles. The first-order chi connectivity index (χ1) is 13.3. The third-order valence-corrected chi connectivity index (χ3v) is 4.63. The van der Waals surface area contributed by atoms with Gasteiger partial charge in [0.1, 0.15) is 5.82 Å². The van der Waals surface area contributed by atoms with E-state index in [9.17, 15) is 4.39 Å². The molecular weight excluding hydrogens is 343 g/mol. The number of halogens is 1. The molecule has 2 aromatic rings. The summed E-state index contributed by atoms with van der Waals surface area (Å²) in [5, 5.41) is 6.69. The third kappa shape index (κ3) is 5.69. The average Bonchev–Trinajstić information content (AvgIpc) is 2.73. The Kier molecular flexibility index (Phi) is 7.04. The van der Waals surface area contributed by atoms with Gasteiger partial charge in [-0.3, -0.25) is 4.99 Å². The Balaban J connectivity index is 1.51. The summed E-state index contributed by atoms with van der Waals surface area (Å²) in [7, 11) is 1.76. The summed E-state index contributed by atoms with van der Waals surface area (Å²) >= 11 is 0. The van der Waals surface area contributed by atoms with Crippen LogP contribution in [-0.4, -0.2) is 45.9 Å². The number of hydrogen-bond acceptors (Lipinski definition) is 3. The number of para-hydroxylation sites is 1. The van der Waals surface area contributed by atoms with E-state index in [0.717, 1.165) is 50.8 Å². The van der Waals surface area contributed by atoms with Crippen LogP contribution in [-0.2, 0) is 17.7 Å². The highest BCUT2D eigenvalue weighted by Gasteiger charge is 2.14. The molecule has 0 aliphatic carbocycles. The van der Waals surface area contributed by atoms with Gasteiger partial charge in [0, 0.05) is 38.9 Å². The lowest BCUT2D eigenvalue weighted by atomic mass is 10.1. The van der Waals surface area contributed by atoms with Crippen LogP contribution in [0, 0.1) is 5.82 Å². The normalized spacial score (nSPS) is 14.9. The van der Waals surface area contributed by atoms with Crippen molar-refractivity contribution in [1.82, 2.24) is 10.6 Å². The van der Waals surface area contributed by atoms with Gasteiger partial charge in [-0.05, 0) is 35.7 Å². The average molecular weight is 370 g/mol. The van der Waals surface area contributed by atoms with Gasteiger partial charge in [0.2, 0.25) is 0 Å². The maximum absolute atomic E-state index is 13.0. The van der Waals surface area contributed by atoms with E-state index in [-0.39, 0.29) is 5.82 Å². The number of ether oxygens (including phenoxy) is 1. The summed E-state index contributed by atoms with van der Waals surface area (Å²) in [6.45, 7) is 4.81. The van der Waals surface area contributed by atoms with Crippen LogP contribution in [0.4, 0.5) is 10.1 Å². The number of rotatable bonds is 6. The molecule has 1 aliphatic rings. The van der Waals surface area contributed by atoms with Crippen molar-refractivity contribution >= 4 is 11.6 Å². The smallest absolute Gasteiger partial charge is 0.191 e. The Morgan fingerprint density at radius 1 is 1.07 bits per heavy atom. The van der Waals surface area contributed by atoms with Gasteiger partial charge in [0.15, 0.2) is 5.96 Å². The molecule has 0 saturated carbocycles. The summed E-state index contributed by atoms with van der Waals surface area (Å²) in [4.78, 5) is 6.66. The van der Waals surface area contributed by atoms with Gasteiger partial charge in [-0.2, -0.15) is 0 Å². The van der Waals surface area contributed by atoms with Crippen LogP contribution in [0.3, 0.4) is 0 Å². The first-order valence-corrected chi connectivity index (χ1v) is 9.36. The summed E-state index contributed by atoms with van der Waals surface area (Å²) in [6, 6.07) is 15.0. The van der Waals surface area contributed by atoms with Crippen LogP contribution in [0.5, 0.6) is 0 Å². The lowest BCUT2D eigenvalue weighted by Crippen LogP contribution is -2.39. The molecule has 0 atom stereocenters. The number of anilines is 1. The van der Waals surface area contributed by atoms with Crippen LogP contribution >= 0.6 is 0 Å². The number of morpholine rings is 1. The Labute approximate surface area is 160 Å². The minimum absolute atomic E-state index is 0.205. The summed E-state index contributed by atoms with van der Waals surface area (Å²) < 4.78 is 18.4. The number of guanidine groups is 1. The van der Waals surface area contributed by atoms with E-state index in [0.29, 0.717) is 6.54 Å². The Morgan fingerprint density at radius 3 is 2.56 bits per heavy atom. The van der Waals surface area contributed by atoms with Crippen molar-refractivity contribution in [2.24, 2.45) is 4.99 Å². The van der Waals surface area contributed by atoms with E-state index in [4.69, 9.17) is 4.74 Å². The molecule has 1 fully saturated rings. The van der Waals surface area contributed by atoms with E-state index in [1.165, 1.54) is 23.4 Å². The molecule has 1 saturated heterocycles. The Morgan fingerprint density at radius 2 is 1.81 bits per heavy atom. The topological polar surface area (TPSA) is 48.9 Å². The number of nitrogens with one attached hydrogen (secondary N) is 2. The Bertz CT molecular complexity index is 742. The van der Waals surface area contributed by atoms with Crippen LogP contribution in [0.15, 0.2) is 53.5 Å². The SMILES string of the molecule is CN=C(NCCc1ccc(F)cc1)NCc1ccccc1N1CCOCC1. The standard InChI is InChI=1S/C21H27FN4O/c1-23-21(24-11-10-17-6-8-19(22)9-7-17)25-16-18-4-2-3-5-20(18)26-12-14-27-15-13-26/h2-9H,10-16H2,1H3,(H2,23,24,25). The molecular formula is C21H27FN4O. The van der Waals surface area contributed by atoms with Gasteiger partial charge in [0.25, 0.3) is 0 Å². The van der Waals surface area contributed by atoms with Crippen LogP contribution in [0.2, 0.25) is 0 Å². The molecule has 0 aromatic heterocycles. The minimum atomic E-state index is -0.205. The summed E-state index contributed by atoms with van der Waals surface area (Å²) in [5.74, 6) is 0.553. The monoisotopic (exact) mass is 370 g/mol. The van der Waals surface area contributed by atoms with Crippen LogP contribution < -0.4 is 15.5 Å². The molecule has 27 heavy (non-hydrogen) atoms. The fraction of sp³-hybridized carbons (Fsp3) is 0.381. The van der Waals surface area contributed by atoms with E-state index >= 15 is 0 Å². The molecule has 0 spiro atoms. The van der Waals surface area contributed by atoms with Crippen molar-refractivity contribution in [3.63, 3.8) is 0 Å². The Hall–Kier alpha value is -2.60. The number of aliphatic imine (C=N–C) groups is 1. The van der Waals surface area contributed by atoms with E-state index in [1.807, 2.05) is 12.1 Å². The van der Waals surface area contributed by atoms with Crippen LogP contribution in [0.25, 0.3) is 0 Å². The van der Waals surface area contributed by atoms with Gasteiger partial charge in [-0.25, -0.2) is 4.39 Å². The third-order valence-electron chi connectivity index (χ3n) is 4.63. The lowest BCUT2D eigenvalue weighted by molar-refractivity contribution is 0.122. The van der Waals surface area contributed by atoms with Crippen molar-refractivity contribution in [3.8, 4) is 0 Å². The predicted octanol–water partition coefficient (Wildman–Crippen LogP) is 2.57. The molecule has 0 radical (unpaired) electrons. The number of hydrogen-bond donors (Lipinski definition) is 2. The van der Waals surface area contributed by atoms with Crippen LogP contribution in [0.1, 0.15) is 11.1 Å². The molecule has 5 nitrogen and oxygen atoms in total. The first-order valence-electron chi connectivity index (χ1n) is 9.36. The number of benzene rings is 2. The highest BCUT2D eigenvalue weighted by molar-refractivity contribution is 5.79. The maximum Gasteiger partial charge on any atom is 0.191 e. The number of nitrogens with zero attached hydrogens (tertiary/aromatic N) is 2. The van der Waals surface area contributed by atoms with Gasteiger partial charge in [-0.1, -0.05) is 30.3 Å². The second kappa shape index (κ2) is 9.92. The zero-order valence-electron chi connectivity index (χ0n) is 15.7. The van der Waals surface area contributed by atoms with Crippen molar-refractivity contribution in [2.75, 3.05) is 44.8 Å². The van der Waals surface area contributed by atoms with E-state index in [1.54, 1.807) is 7.05 Å². The van der Waals surface area contributed by atoms with Gasteiger partial charge >= 0.3 is 0 Å². The summed E-state index contributed by atoms with van der Waals surface area (Å²) in [6.07, 6.45) is 0.811. The van der Waals surface area contributed by atoms with E-state index < -0.39 is 0 Å². The highest BCUT2D eigenvalue weighted by Crippen LogP contribution is 2.21. The summed E-state index contributed by atoms with van der Waals surface area (Å²) in [5.41, 5.74) is 3.58. The molecule has 1 heterocycles. The molecule has 3 rings (SSSR count). The van der Waals surface area contributed by atoms with E-state index in [2.05, 4.69) is 44.8 Å². The van der Waals surface area contributed by atoms with Gasteiger partial charge in [0.05, 0.1) is 13.2 Å². The van der Waals surface area contributed by atoms with Crippen molar-refractivity contribution in [3.05, 3.63) is 65.5 Å². The molecule has 2 aromatic carbocycles. The van der Waals surface area contributed by atoms with Gasteiger partial charge < -0.3 is 20.3 Å². The zero-order chi connectivity index (χ0) is 18.9. The fourth-order valence-corrected chi connectivity index (χ4v) is 3.15. The molecule has 0 bridgehead atoms. The predicted molar refractivity (Wildman–Crippen MR) is 108 cm³/mol. The lowest BCUT2D eigenvalue weighted by Gasteiger charge is -2.30. The second-order valence-corrected chi connectivity index (χ2v) is 6.46. The van der Waals surface area contributed by atoms with Crippen molar-refractivity contribution < 1.29 is 9.13 Å². The molecule has 0 unspecified atom stereocenters. The van der Waals surface area contributed by atoms with Crippen molar-refractivity contribution in [2.45, 2.75) is 13.0 Å². The fourth-order valence-electron chi connectivity index (χ4n) is 3.15. The first kappa shape index (κ1) is 19.2. The van der Waals surface area contributed by atoms with Crippen molar-refractivity contribution in [1.29, 1.82) is 0 Å². The molecule has 0 amide bonds. The highest BCUT2D eigenvalue weighted by atomic mass is 19.1.